The predicted molar refractivity (Wildman–Crippen MR) is 240 cm³/mol. The highest BCUT2D eigenvalue weighted by Gasteiger charge is 2.19. The van der Waals surface area contributed by atoms with Gasteiger partial charge in [0.05, 0.1) is 22.1 Å². The average molecular weight is 740 g/mol. The molecule has 12 aromatic rings. The first-order valence-corrected chi connectivity index (χ1v) is 19.6. The lowest BCUT2D eigenvalue weighted by Gasteiger charge is -2.13. The van der Waals surface area contributed by atoms with Crippen molar-refractivity contribution in [2.75, 3.05) is 0 Å². The van der Waals surface area contributed by atoms with Crippen LogP contribution in [0.15, 0.2) is 200 Å². The lowest BCUT2D eigenvalue weighted by molar-refractivity contribution is 1.07. The lowest BCUT2D eigenvalue weighted by Crippen LogP contribution is -2.01. The highest BCUT2D eigenvalue weighted by atomic mass is 15.0. The number of rotatable bonds is 5. The molecule has 5 heteroatoms. The lowest BCUT2D eigenvalue weighted by atomic mass is 10.1. The molecule has 58 heavy (non-hydrogen) atoms. The molecular formula is C53H33N5. The first-order valence-electron chi connectivity index (χ1n) is 19.6. The molecule has 0 bridgehead atoms. The Morgan fingerprint density at radius 3 is 1.29 bits per heavy atom. The fourth-order valence-corrected chi connectivity index (χ4v) is 8.76. The van der Waals surface area contributed by atoms with E-state index in [2.05, 4.69) is 149 Å². The number of hydrogen-bond donors (Lipinski definition) is 0. The standard InChI is InChI=1S/C53H33N5/c1-3-14-34(15-4-1)51-54-52(35-16-5-2-6-17-35)56-53(55-51)40-22-13-23-41(28-40)58-49-32-39-21-10-8-19-37(39)30-46(49)44-27-26-42(33-50(44)58)57-47-25-12-11-24-43(47)45-29-36-18-7-9-20-38(36)31-48(45)57/h1-33H. The van der Waals surface area contributed by atoms with Gasteiger partial charge >= 0.3 is 0 Å². The van der Waals surface area contributed by atoms with Crippen LogP contribution >= 0.6 is 0 Å². The maximum atomic E-state index is 5.08. The minimum absolute atomic E-state index is 0.624. The molecule has 0 aliphatic heterocycles. The van der Waals surface area contributed by atoms with Crippen molar-refractivity contribution in [3.63, 3.8) is 0 Å². The van der Waals surface area contributed by atoms with Crippen LogP contribution < -0.4 is 0 Å². The third kappa shape index (κ3) is 5.14. The summed E-state index contributed by atoms with van der Waals surface area (Å²) in [5.41, 5.74) is 9.57. The van der Waals surface area contributed by atoms with E-state index < -0.39 is 0 Å². The number of benzene rings is 9. The van der Waals surface area contributed by atoms with Crippen LogP contribution in [-0.4, -0.2) is 24.1 Å². The second kappa shape index (κ2) is 12.8. The molecule has 0 aliphatic carbocycles. The minimum atomic E-state index is 0.624. The minimum Gasteiger partial charge on any atom is -0.309 e. The van der Waals surface area contributed by atoms with Gasteiger partial charge in [0.1, 0.15) is 0 Å². The third-order valence-corrected chi connectivity index (χ3v) is 11.5. The molecule has 12 rings (SSSR count). The van der Waals surface area contributed by atoms with Crippen molar-refractivity contribution in [1.29, 1.82) is 0 Å². The van der Waals surface area contributed by atoms with E-state index in [0.717, 1.165) is 39.1 Å². The fraction of sp³-hybridized carbons (Fsp3) is 0. The maximum absolute atomic E-state index is 5.08. The molecule has 0 saturated heterocycles. The van der Waals surface area contributed by atoms with Crippen LogP contribution in [0.3, 0.4) is 0 Å². The molecule has 0 N–H and O–H groups in total. The van der Waals surface area contributed by atoms with Crippen LogP contribution in [0.4, 0.5) is 0 Å². The van der Waals surface area contributed by atoms with E-state index in [1.54, 1.807) is 0 Å². The Morgan fingerprint density at radius 1 is 0.259 bits per heavy atom. The maximum Gasteiger partial charge on any atom is 0.164 e. The van der Waals surface area contributed by atoms with Crippen molar-refractivity contribution in [2.45, 2.75) is 0 Å². The highest BCUT2D eigenvalue weighted by molar-refractivity contribution is 6.16. The number of para-hydroxylation sites is 1. The van der Waals surface area contributed by atoms with Crippen molar-refractivity contribution in [3.05, 3.63) is 200 Å². The van der Waals surface area contributed by atoms with E-state index >= 15 is 0 Å². The van der Waals surface area contributed by atoms with Crippen molar-refractivity contribution in [2.24, 2.45) is 0 Å². The van der Waals surface area contributed by atoms with Gasteiger partial charge in [-0.05, 0) is 76.1 Å². The van der Waals surface area contributed by atoms with Crippen LogP contribution in [0.1, 0.15) is 0 Å². The molecule has 0 atom stereocenters. The summed E-state index contributed by atoms with van der Waals surface area (Å²) in [5.74, 6) is 1.91. The summed E-state index contributed by atoms with van der Waals surface area (Å²) >= 11 is 0. The number of aromatic nitrogens is 5. The summed E-state index contributed by atoms with van der Waals surface area (Å²) in [4.78, 5) is 15.1. The van der Waals surface area contributed by atoms with E-state index in [9.17, 15) is 0 Å². The Hall–Kier alpha value is -7.89. The van der Waals surface area contributed by atoms with Crippen LogP contribution in [0.25, 0.3) is 111 Å². The second-order valence-corrected chi connectivity index (χ2v) is 14.9. The van der Waals surface area contributed by atoms with Gasteiger partial charge in [-0.1, -0.05) is 146 Å². The fourth-order valence-electron chi connectivity index (χ4n) is 8.76. The number of fused-ring (bicyclic) bond motifs is 8. The second-order valence-electron chi connectivity index (χ2n) is 14.9. The summed E-state index contributed by atoms with van der Waals surface area (Å²) < 4.78 is 4.83. The Balaban J connectivity index is 1.11. The van der Waals surface area contributed by atoms with Crippen molar-refractivity contribution in [3.8, 4) is 45.5 Å². The molecular weight excluding hydrogens is 707 g/mol. The highest BCUT2D eigenvalue weighted by Crippen LogP contribution is 2.40. The normalized spacial score (nSPS) is 11.8. The van der Waals surface area contributed by atoms with Gasteiger partial charge in [-0.3, -0.25) is 0 Å². The molecule has 0 fully saturated rings. The first kappa shape index (κ1) is 32.4. The predicted octanol–water partition coefficient (Wildman–Crippen LogP) is 13.4. The number of nitrogens with zero attached hydrogens (tertiary/aromatic N) is 5. The topological polar surface area (TPSA) is 48.5 Å². The van der Waals surface area contributed by atoms with Crippen LogP contribution in [-0.2, 0) is 0 Å². The first-order chi connectivity index (χ1) is 28.7. The molecule has 270 valence electrons. The van der Waals surface area contributed by atoms with Gasteiger partial charge in [0.15, 0.2) is 17.5 Å². The molecule has 3 heterocycles. The van der Waals surface area contributed by atoms with E-state index in [1.807, 2.05) is 60.7 Å². The molecule has 5 nitrogen and oxygen atoms in total. The molecule has 0 amide bonds. The molecule has 0 spiro atoms. The third-order valence-electron chi connectivity index (χ3n) is 11.5. The molecule has 3 aromatic heterocycles. The quantitative estimate of drug-likeness (QED) is 0.177. The summed E-state index contributed by atoms with van der Waals surface area (Å²) in [6.45, 7) is 0. The SMILES string of the molecule is c1ccc(-c2nc(-c3ccccc3)nc(-c3cccc(-n4c5cc(-n6c7ccccc7c7cc8ccccc8cc76)ccc5c5cc6ccccc6cc54)c3)n2)cc1. The van der Waals surface area contributed by atoms with Crippen LogP contribution in [0.2, 0.25) is 0 Å². The van der Waals surface area contributed by atoms with Crippen LogP contribution in [0.5, 0.6) is 0 Å². The zero-order valence-electron chi connectivity index (χ0n) is 31.3. The Morgan fingerprint density at radius 2 is 0.690 bits per heavy atom. The van der Waals surface area contributed by atoms with E-state index in [4.69, 9.17) is 15.0 Å². The molecule has 0 aliphatic rings. The summed E-state index contributed by atoms with van der Waals surface area (Å²) in [7, 11) is 0. The monoisotopic (exact) mass is 739 g/mol. The Kier molecular flexibility index (Phi) is 7.16. The van der Waals surface area contributed by atoms with Crippen LogP contribution in [0, 0.1) is 0 Å². The van der Waals surface area contributed by atoms with Gasteiger partial charge in [0.25, 0.3) is 0 Å². The summed E-state index contributed by atoms with van der Waals surface area (Å²) in [6, 6.07) is 71.2. The number of hydrogen-bond acceptors (Lipinski definition) is 3. The molecule has 0 radical (unpaired) electrons. The van der Waals surface area contributed by atoms with E-state index in [1.165, 1.54) is 54.1 Å². The summed E-state index contributed by atoms with van der Waals surface area (Å²) in [5, 5.41) is 9.76. The van der Waals surface area contributed by atoms with Gasteiger partial charge < -0.3 is 9.13 Å². The Labute approximate surface area is 333 Å². The largest absolute Gasteiger partial charge is 0.309 e. The van der Waals surface area contributed by atoms with Crippen molar-refractivity contribution >= 4 is 65.2 Å². The zero-order valence-corrected chi connectivity index (χ0v) is 31.3. The van der Waals surface area contributed by atoms with Crippen molar-refractivity contribution < 1.29 is 0 Å². The van der Waals surface area contributed by atoms with Gasteiger partial charge in [-0.25, -0.2) is 15.0 Å². The van der Waals surface area contributed by atoms with Gasteiger partial charge in [0, 0.05) is 49.6 Å². The van der Waals surface area contributed by atoms with Gasteiger partial charge in [-0.15, -0.1) is 0 Å². The Bertz CT molecular complexity index is 3510. The van der Waals surface area contributed by atoms with Gasteiger partial charge in [-0.2, -0.15) is 0 Å². The van der Waals surface area contributed by atoms with E-state index in [0.29, 0.717) is 17.5 Å². The average Bonchev–Trinajstić information content (AvgIpc) is 3.79. The van der Waals surface area contributed by atoms with E-state index in [-0.39, 0.29) is 0 Å². The molecule has 0 saturated carbocycles. The molecule has 0 unspecified atom stereocenters. The zero-order chi connectivity index (χ0) is 38.2. The smallest absolute Gasteiger partial charge is 0.164 e. The van der Waals surface area contributed by atoms with Gasteiger partial charge in [0.2, 0.25) is 0 Å². The van der Waals surface area contributed by atoms with Crippen molar-refractivity contribution in [1.82, 2.24) is 24.1 Å². The molecule has 9 aromatic carbocycles. The summed E-state index contributed by atoms with van der Waals surface area (Å²) in [6.07, 6.45) is 0.